The number of hydrogen-bond acceptors (Lipinski definition) is 5. The van der Waals surface area contributed by atoms with Gasteiger partial charge < -0.3 is 14.5 Å². The van der Waals surface area contributed by atoms with E-state index in [-0.39, 0.29) is 5.60 Å². The third kappa shape index (κ3) is 2.61. The summed E-state index contributed by atoms with van der Waals surface area (Å²) in [6.45, 7) is 6.86. The van der Waals surface area contributed by atoms with E-state index in [1.165, 1.54) is 11.1 Å². The van der Waals surface area contributed by atoms with Crippen LogP contribution >= 0.6 is 0 Å². The van der Waals surface area contributed by atoms with Crippen molar-refractivity contribution in [3.8, 4) is 5.75 Å². The molecule has 1 aromatic carbocycles. The molecule has 0 saturated carbocycles. The highest BCUT2D eigenvalue weighted by Gasteiger charge is 2.29. The Labute approximate surface area is 118 Å². The predicted molar refractivity (Wildman–Crippen MR) is 75.9 cm³/mol. The first-order valence-electron chi connectivity index (χ1n) is 6.93. The van der Waals surface area contributed by atoms with E-state index in [1.807, 2.05) is 13.0 Å². The van der Waals surface area contributed by atoms with Gasteiger partial charge in [-0.2, -0.15) is 0 Å². The molecule has 20 heavy (non-hydrogen) atoms. The van der Waals surface area contributed by atoms with Gasteiger partial charge in [-0.15, -0.1) is 5.10 Å². The van der Waals surface area contributed by atoms with Crippen molar-refractivity contribution in [2.45, 2.75) is 45.8 Å². The minimum atomic E-state index is -0.100. The normalized spacial score (nSPS) is 15.8. The van der Waals surface area contributed by atoms with Gasteiger partial charge in [0, 0.05) is 19.4 Å². The van der Waals surface area contributed by atoms with Crippen LogP contribution in [-0.2, 0) is 19.4 Å². The van der Waals surface area contributed by atoms with Crippen molar-refractivity contribution in [2.75, 3.05) is 5.32 Å². The van der Waals surface area contributed by atoms with Gasteiger partial charge in [0.2, 0.25) is 5.89 Å². The highest BCUT2D eigenvalue weighted by atomic mass is 16.5. The molecule has 0 amide bonds. The van der Waals surface area contributed by atoms with Gasteiger partial charge in [-0.1, -0.05) is 24.2 Å². The molecule has 0 unspecified atom stereocenters. The van der Waals surface area contributed by atoms with Crippen molar-refractivity contribution in [1.82, 2.24) is 10.2 Å². The topological polar surface area (TPSA) is 60.2 Å². The van der Waals surface area contributed by atoms with Gasteiger partial charge in [-0.05, 0) is 31.0 Å². The van der Waals surface area contributed by atoms with Gasteiger partial charge in [0.1, 0.15) is 11.4 Å². The maximum absolute atomic E-state index is 5.87. The molecule has 5 heteroatoms. The van der Waals surface area contributed by atoms with E-state index in [0.717, 1.165) is 18.6 Å². The fraction of sp³-hybridized carbons (Fsp3) is 0.467. The molecule has 1 aliphatic rings. The molecule has 0 aliphatic carbocycles. The summed E-state index contributed by atoms with van der Waals surface area (Å²) >= 11 is 0. The molecule has 1 aliphatic heterocycles. The molecule has 0 atom stereocenters. The first-order chi connectivity index (χ1) is 9.55. The molecule has 1 aromatic heterocycles. The van der Waals surface area contributed by atoms with Crippen molar-refractivity contribution < 1.29 is 9.15 Å². The molecular formula is C15H19N3O2. The summed E-state index contributed by atoms with van der Waals surface area (Å²) in [7, 11) is 0. The zero-order chi connectivity index (χ0) is 14.2. The van der Waals surface area contributed by atoms with Gasteiger partial charge in [-0.3, -0.25) is 0 Å². The van der Waals surface area contributed by atoms with Crippen LogP contribution in [-0.4, -0.2) is 15.8 Å². The van der Waals surface area contributed by atoms with Crippen LogP contribution in [0.1, 0.15) is 37.8 Å². The van der Waals surface area contributed by atoms with Crippen LogP contribution in [0.5, 0.6) is 5.75 Å². The number of aromatic nitrogens is 2. The Balaban J connectivity index is 1.67. The van der Waals surface area contributed by atoms with Gasteiger partial charge >= 0.3 is 6.01 Å². The first kappa shape index (κ1) is 13.0. The van der Waals surface area contributed by atoms with Crippen LogP contribution < -0.4 is 10.1 Å². The lowest BCUT2D eigenvalue weighted by Crippen LogP contribution is -2.24. The number of aryl methyl sites for hydroxylation is 1. The smallest absolute Gasteiger partial charge is 0.315 e. The zero-order valence-electron chi connectivity index (χ0n) is 12.1. The van der Waals surface area contributed by atoms with Crippen molar-refractivity contribution in [1.29, 1.82) is 0 Å². The number of ether oxygens (including phenoxy) is 1. The highest BCUT2D eigenvalue weighted by Crippen LogP contribution is 2.35. The predicted octanol–water partition coefficient (Wildman–Crippen LogP) is 2.96. The van der Waals surface area contributed by atoms with Crippen LogP contribution in [0.25, 0.3) is 0 Å². The molecule has 106 valence electrons. The third-order valence-corrected chi connectivity index (χ3v) is 3.34. The third-order valence-electron chi connectivity index (χ3n) is 3.34. The minimum Gasteiger partial charge on any atom is -0.487 e. The van der Waals surface area contributed by atoms with Crippen LogP contribution in [0.4, 0.5) is 6.01 Å². The lowest BCUT2D eigenvalue weighted by Gasteiger charge is -2.16. The maximum Gasteiger partial charge on any atom is 0.315 e. The number of fused-ring (bicyclic) bond motifs is 1. The molecule has 2 heterocycles. The van der Waals surface area contributed by atoms with E-state index < -0.39 is 0 Å². The van der Waals surface area contributed by atoms with Crippen molar-refractivity contribution in [2.24, 2.45) is 0 Å². The number of anilines is 1. The lowest BCUT2D eigenvalue weighted by atomic mass is 10.0. The molecule has 1 N–H and O–H groups in total. The second-order valence-corrected chi connectivity index (χ2v) is 5.69. The molecule has 0 radical (unpaired) electrons. The molecule has 0 bridgehead atoms. The second-order valence-electron chi connectivity index (χ2n) is 5.69. The van der Waals surface area contributed by atoms with E-state index in [1.54, 1.807) is 0 Å². The number of rotatable bonds is 4. The van der Waals surface area contributed by atoms with E-state index in [4.69, 9.17) is 9.15 Å². The van der Waals surface area contributed by atoms with Crippen LogP contribution in [0.15, 0.2) is 22.6 Å². The van der Waals surface area contributed by atoms with Crippen LogP contribution in [0.2, 0.25) is 0 Å². The quantitative estimate of drug-likeness (QED) is 0.928. The van der Waals surface area contributed by atoms with E-state index in [0.29, 0.717) is 18.5 Å². The summed E-state index contributed by atoms with van der Waals surface area (Å²) < 4.78 is 11.3. The molecule has 0 fully saturated rings. The minimum absolute atomic E-state index is 0.100. The Kier molecular flexibility index (Phi) is 3.12. The van der Waals surface area contributed by atoms with Gasteiger partial charge in [0.15, 0.2) is 0 Å². The summed E-state index contributed by atoms with van der Waals surface area (Å²) in [5, 5.41) is 11.0. The van der Waals surface area contributed by atoms with E-state index >= 15 is 0 Å². The lowest BCUT2D eigenvalue weighted by molar-refractivity contribution is 0.138. The standard InChI is InChI=1S/C15H19N3O2/c1-4-13-17-18-14(19-13)16-9-10-5-6-12-11(7-10)8-15(2,3)20-12/h5-7H,4,8-9H2,1-3H3,(H,16,18). The van der Waals surface area contributed by atoms with Crippen molar-refractivity contribution in [3.05, 3.63) is 35.2 Å². The largest absolute Gasteiger partial charge is 0.487 e. The molecule has 5 nitrogen and oxygen atoms in total. The summed E-state index contributed by atoms with van der Waals surface area (Å²) in [6.07, 6.45) is 1.69. The SMILES string of the molecule is CCc1nnc(NCc2ccc3c(c2)CC(C)(C)O3)o1. The average molecular weight is 273 g/mol. The van der Waals surface area contributed by atoms with E-state index in [2.05, 4.69) is 41.5 Å². The maximum atomic E-state index is 5.87. The van der Waals surface area contributed by atoms with Gasteiger partial charge in [-0.25, -0.2) is 0 Å². The van der Waals surface area contributed by atoms with Gasteiger partial charge in [0.05, 0.1) is 0 Å². The summed E-state index contributed by atoms with van der Waals surface area (Å²) in [5.41, 5.74) is 2.34. The average Bonchev–Trinajstić information content (AvgIpc) is 2.97. The molecular weight excluding hydrogens is 254 g/mol. The fourth-order valence-electron chi connectivity index (χ4n) is 2.42. The highest BCUT2D eigenvalue weighted by molar-refractivity contribution is 5.42. The van der Waals surface area contributed by atoms with Gasteiger partial charge in [0.25, 0.3) is 0 Å². The number of nitrogens with zero attached hydrogens (tertiary/aromatic N) is 2. The number of benzene rings is 1. The molecule has 0 saturated heterocycles. The number of hydrogen-bond donors (Lipinski definition) is 1. The monoisotopic (exact) mass is 273 g/mol. The molecule has 3 rings (SSSR count). The fourth-order valence-corrected chi connectivity index (χ4v) is 2.42. The Morgan fingerprint density at radius 2 is 2.15 bits per heavy atom. The Hall–Kier alpha value is -2.04. The Morgan fingerprint density at radius 3 is 2.90 bits per heavy atom. The first-order valence-corrected chi connectivity index (χ1v) is 6.93. The summed E-state index contributed by atoms with van der Waals surface area (Å²) in [6, 6.07) is 6.74. The molecule has 0 spiro atoms. The van der Waals surface area contributed by atoms with Crippen LogP contribution in [0, 0.1) is 0 Å². The molecule has 2 aromatic rings. The van der Waals surface area contributed by atoms with Crippen LogP contribution in [0.3, 0.4) is 0 Å². The Morgan fingerprint density at radius 1 is 1.30 bits per heavy atom. The summed E-state index contributed by atoms with van der Waals surface area (Å²) in [4.78, 5) is 0. The summed E-state index contributed by atoms with van der Waals surface area (Å²) in [5.74, 6) is 1.64. The Bertz CT molecular complexity index is 619. The second kappa shape index (κ2) is 4.81. The number of nitrogens with one attached hydrogen (secondary N) is 1. The van der Waals surface area contributed by atoms with Crippen molar-refractivity contribution in [3.63, 3.8) is 0 Å². The van der Waals surface area contributed by atoms with Crippen molar-refractivity contribution >= 4 is 6.01 Å². The zero-order valence-corrected chi connectivity index (χ0v) is 12.1. The van der Waals surface area contributed by atoms with E-state index in [9.17, 15) is 0 Å².